The average molecular weight is 372 g/mol. The van der Waals surface area contributed by atoms with Gasteiger partial charge in [-0.15, -0.1) is 0 Å². The van der Waals surface area contributed by atoms with Crippen LogP contribution in [0.25, 0.3) is 0 Å². The molecule has 1 N–H and O–H groups in total. The molecule has 0 unspecified atom stereocenters. The Morgan fingerprint density at radius 2 is 1.77 bits per heavy atom. The van der Waals surface area contributed by atoms with Crippen molar-refractivity contribution in [1.82, 2.24) is 4.31 Å². The molecule has 3 rings (SSSR count). The van der Waals surface area contributed by atoms with E-state index >= 15 is 0 Å². The molecule has 0 saturated carbocycles. The maximum Gasteiger partial charge on any atom is 0.244 e. The molecule has 0 spiro atoms. The van der Waals surface area contributed by atoms with Gasteiger partial charge in [0.25, 0.3) is 0 Å². The van der Waals surface area contributed by atoms with E-state index in [1.54, 1.807) is 55.5 Å². The third kappa shape index (κ3) is 3.09. The molecule has 1 aliphatic heterocycles. The van der Waals surface area contributed by atoms with Crippen molar-refractivity contribution in [2.75, 3.05) is 19.7 Å². The number of carbonyl (C=O) groups is 1. The van der Waals surface area contributed by atoms with E-state index in [0.717, 1.165) is 0 Å². The number of aliphatic hydroxyl groups is 1. The summed E-state index contributed by atoms with van der Waals surface area (Å²) in [5.41, 5.74) is 1.21. The van der Waals surface area contributed by atoms with Gasteiger partial charge in [0.1, 0.15) is 6.04 Å². The number of hydrogen-bond acceptors (Lipinski definition) is 5. The standard InChI is InChI=1S/C19H20N2O4S/c1-2-21-18(19(23)14-8-4-3-5-9-14)17(20-12-13-22)15-10-6-7-11-16(15)26(21,24)25/h3-11,18,22H,2,12-13H2,1H3/t18-/m0/s1. The second-order valence-corrected chi connectivity index (χ2v) is 7.69. The number of carbonyl (C=O) groups excluding carboxylic acids is 1. The molecule has 2 aromatic carbocycles. The summed E-state index contributed by atoms with van der Waals surface area (Å²) < 4.78 is 27.3. The van der Waals surface area contributed by atoms with Gasteiger partial charge in [-0.2, -0.15) is 4.31 Å². The number of Topliss-reactive ketones (excluding diaryl/α,β-unsaturated/α-hetero) is 1. The number of nitrogens with zero attached hydrogens (tertiary/aromatic N) is 2. The lowest BCUT2D eigenvalue weighted by Gasteiger charge is -2.35. The van der Waals surface area contributed by atoms with Crippen molar-refractivity contribution in [3.05, 3.63) is 65.7 Å². The zero-order valence-corrected chi connectivity index (χ0v) is 15.2. The molecule has 0 aromatic heterocycles. The van der Waals surface area contributed by atoms with Crippen LogP contribution in [0, 0.1) is 0 Å². The van der Waals surface area contributed by atoms with Gasteiger partial charge in [0, 0.05) is 17.7 Å². The lowest BCUT2D eigenvalue weighted by atomic mass is 9.95. The van der Waals surface area contributed by atoms with Crippen molar-refractivity contribution >= 4 is 21.5 Å². The second-order valence-electron chi connectivity index (χ2n) is 5.83. The summed E-state index contributed by atoms with van der Waals surface area (Å²) in [6.07, 6.45) is 0. The Bertz CT molecular complexity index is 939. The number of likely N-dealkylation sites (N-methyl/N-ethyl adjacent to an activating group) is 1. The molecule has 0 amide bonds. The van der Waals surface area contributed by atoms with E-state index in [9.17, 15) is 18.3 Å². The third-order valence-electron chi connectivity index (χ3n) is 4.30. The molecule has 0 aliphatic carbocycles. The summed E-state index contributed by atoms with van der Waals surface area (Å²) in [6.45, 7) is 1.75. The molecule has 0 bridgehead atoms. The minimum absolute atomic E-state index is 0.0971. The van der Waals surface area contributed by atoms with Gasteiger partial charge in [0.15, 0.2) is 5.78 Å². The first kappa shape index (κ1) is 18.4. The van der Waals surface area contributed by atoms with Crippen molar-refractivity contribution in [2.24, 2.45) is 4.99 Å². The van der Waals surface area contributed by atoms with Crippen LogP contribution in [0.5, 0.6) is 0 Å². The highest BCUT2D eigenvalue weighted by molar-refractivity contribution is 7.89. The Morgan fingerprint density at radius 3 is 2.42 bits per heavy atom. The van der Waals surface area contributed by atoms with E-state index in [2.05, 4.69) is 4.99 Å². The molecule has 136 valence electrons. The fourth-order valence-corrected chi connectivity index (χ4v) is 4.93. The highest BCUT2D eigenvalue weighted by Gasteiger charge is 2.45. The summed E-state index contributed by atoms with van der Waals surface area (Å²) in [6, 6.07) is 14.1. The van der Waals surface area contributed by atoms with E-state index in [-0.39, 0.29) is 30.4 Å². The first-order valence-electron chi connectivity index (χ1n) is 8.38. The maximum atomic E-state index is 13.2. The largest absolute Gasteiger partial charge is 0.394 e. The molecule has 0 fully saturated rings. The summed E-state index contributed by atoms with van der Waals surface area (Å²) in [5.74, 6) is -0.331. The Kier molecular flexibility index (Phi) is 5.31. The zero-order chi connectivity index (χ0) is 18.7. The van der Waals surface area contributed by atoms with Crippen molar-refractivity contribution in [1.29, 1.82) is 0 Å². The average Bonchev–Trinajstić information content (AvgIpc) is 2.67. The van der Waals surface area contributed by atoms with Crippen LogP contribution in [0.4, 0.5) is 0 Å². The number of benzene rings is 2. The van der Waals surface area contributed by atoms with E-state index in [1.165, 1.54) is 10.4 Å². The van der Waals surface area contributed by atoms with Crippen LogP contribution in [-0.2, 0) is 10.0 Å². The fourth-order valence-electron chi connectivity index (χ4n) is 3.16. The van der Waals surface area contributed by atoms with Gasteiger partial charge in [0.05, 0.1) is 23.8 Å². The van der Waals surface area contributed by atoms with Gasteiger partial charge >= 0.3 is 0 Å². The SMILES string of the molecule is CCN1[C@H](C(=O)c2ccccc2)C(=NCCO)c2ccccc2S1(=O)=O. The van der Waals surface area contributed by atoms with Crippen LogP contribution in [0.3, 0.4) is 0 Å². The Labute approximate surface area is 152 Å². The Morgan fingerprint density at radius 1 is 1.12 bits per heavy atom. The van der Waals surface area contributed by atoms with Gasteiger partial charge in [-0.1, -0.05) is 55.5 Å². The first-order chi connectivity index (χ1) is 12.5. The molecule has 0 radical (unpaired) electrons. The smallest absolute Gasteiger partial charge is 0.244 e. The molecule has 0 saturated heterocycles. The first-order valence-corrected chi connectivity index (χ1v) is 9.82. The van der Waals surface area contributed by atoms with Crippen LogP contribution in [0.2, 0.25) is 0 Å². The minimum Gasteiger partial charge on any atom is -0.394 e. The van der Waals surface area contributed by atoms with Crippen LogP contribution >= 0.6 is 0 Å². The molecule has 2 aromatic rings. The van der Waals surface area contributed by atoms with Gasteiger partial charge in [-0.25, -0.2) is 8.42 Å². The minimum atomic E-state index is -3.82. The van der Waals surface area contributed by atoms with Crippen LogP contribution in [0.15, 0.2) is 64.5 Å². The van der Waals surface area contributed by atoms with Crippen molar-refractivity contribution in [3.8, 4) is 0 Å². The van der Waals surface area contributed by atoms with Crippen LogP contribution in [0.1, 0.15) is 22.8 Å². The molecule has 1 aliphatic rings. The molecule has 1 heterocycles. The van der Waals surface area contributed by atoms with Crippen LogP contribution < -0.4 is 0 Å². The normalized spacial score (nSPS) is 20.7. The van der Waals surface area contributed by atoms with Crippen molar-refractivity contribution in [3.63, 3.8) is 0 Å². The predicted octanol–water partition coefficient (Wildman–Crippen LogP) is 1.74. The number of ketones is 1. The Hall–Kier alpha value is -2.35. The van der Waals surface area contributed by atoms with Crippen LogP contribution in [-0.4, -0.2) is 55.1 Å². The van der Waals surface area contributed by atoms with E-state index in [0.29, 0.717) is 16.8 Å². The molecule has 7 heteroatoms. The second kappa shape index (κ2) is 7.49. The molecule has 26 heavy (non-hydrogen) atoms. The van der Waals surface area contributed by atoms with Crippen molar-refractivity contribution in [2.45, 2.75) is 17.9 Å². The summed E-state index contributed by atoms with van der Waals surface area (Å²) in [7, 11) is -3.82. The number of hydrogen-bond donors (Lipinski definition) is 1. The summed E-state index contributed by atoms with van der Waals surface area (Å²) in [4.78, 5) is 17.7. The van der Waals surface area contributed by atoms with Gasteiger partial charge in [-0.3, -0.25) is 9.79 Å². The summed E-state index contributed by atoms with van der Waals surface area (Å²) >= 11 is 0. The number of rotatable bonds is 5. The van der Waals surface area contributed by atoms with Gasteiger partial charge in [-0.05, 0) is 6.07 Å². The predicted molar refractivity (Wildman–Crippen MR) is 99.1 cm³/mol. The summed E-state index contributed by atoms with van der Waals surface area (Å²) in [5, 5.41) is 9.19. The number of sulfonamides is 1. The maximum absolute atomic E-state index is 13.2. The lowest BCUT2D eigenvalue weighted by Crippen LogP contribution is -2.53. The monoisotopic (exact) mass is 372 g/mol. The van der Waals surface area contributed by atoms with Gasteiger partial charge in [0.2, 0.25) is 10.0 Å². The zero-order valence-electron chi connectivity index (χ0n) is 14.4. The highest BCUT2D eigenvalue weighted by Crippen LogP contribution is 2.32. The highest BCUT2D eigenvalue weighted by atomic mass is 32.2. The number of aliphatic hydroxyl groups excluding tert-OH is 1. The fraction of sp³-hybridized carbons (Fsp3) is 0.263. The lowest BCUT2D eigenvalue weighted by molar-refractivity contribution is 0.0937. The van der Waals surface area contributed by atoms with Gasteiger partial charge < -0.3 is 5.11 Å². The number of aliphatic imine (C=N–C) groups is 1. The molecular weight excluding hydrogens is 352 g/mol. The third-order valence-corrected chi connectivity index (χ3v) is 6.30. The van der Waals surface area contributed by atoms with E-state index in [1.807, 2.05) is 0 Å². The number of fused-ring (bicyclic) bond motifs is 1. The topological polar surface area (TPSA) is 87.0 Å². The van der Waals surface area contributed by atoms with E-state index in [4.69, 9.17) is 0 Å². The quantitative estimate of drug-likeness (QED) is 0.810. The molecular formula is C19H20N2O4S. The van der Waals surface area contributed by atoms with E-state index < -0.39 is 16.1 Å². The molecule has 1 atom stereocenters. The molecule has 6 nitrogen and oxygen atoms in total. The Balaban J connectivity index is 2.24. The van der Waals surface area contributed by atoms with Crippen molar-refractivity contribution < 1.29 is 18.3 Å².